The summed E-state index contributed by atoms with van der Waals surface area (Å²) in [5, 5.41) is 17.0. The fraction of sp³-hybridized carbons (Fsp3) is 0.421. The van der Waals surface area contributed by atoms with Crippen LogP contribution in [0, 0.1) is 28.4 Å². The van der Waals surface area contributed by atoms with E-state index in [9.17, 15) is 19.6 Å². The normalized spacial score (nSPS) is 21.4. The second-order valence-electron chi connectivity index (χ2n) is 13.9. The fourth-order valence-corrected chi connectivity index (χ4v) is 7.21. The molecule has 2 aliphatic heterocycles. The highest BCUT2D eigenvalue weighted by atomic mass is 35.5. The van der Waals surface area contributed by atoms with Gasteiger partial charge in [-0.05, 0) is 53.8 Å². The van der Waals surface area contributed by atoms with Gasteiger partial charge in [-0.1, -0.05) is 62.2 Å². The van der Waals surface area contributed by atoms with E-state index in [1.807, 2.05) is 20.8 Å². The van der Waals surface area contributed by atoms with Crippen molar-refractivity contribution >= 4 is 46.9 Å². The number of hydrogen-bond donors (Lipinski definition) is 2. The van der Waals surface area contributed by atoms with Crippen LogP contribution in [0.2, 0.25) is 10.0 Å². The molecule has 0 unspecified atom stereocenters. The summed E-state index contributed by atoms with van der Waals surface area (Å²) in [5.74, 6) is -4.24. The van der Waals surface area contributed by atoms with Crippen molar-refractivity contribution in [2.24, 2.45) is 5.41 Å². The van der Waals surface area contributed by atoms with Crippen LogP contribution in [-0.2, 0) is 24.4 Å². The maximum Gasteiger partial charge on any atom is 0.410 e. The molecular formula is C38H40Cl2F2N4O7. The zero-order chi connectivity index (χ0) is 38.5. The number of ether oxygens (including phenoxy) is 4. The van der Waals surface area contributed by atoms with E-state index in [-0.39, 0.29) is 57.8 Å². The Morgan fingerprint density at radius 2 is 1.77 bits per heavy atom. The Morgan fingerprint density at radius 1 is 1.06 bits per heavy atom. The Morgan fingerprint density at radius 3 is 2.43 bits per heavy atom. The number of methoxy groups -OCH3 is 1. The molecule has 4 atom stereocenters. The summed E-state index contributed by atoms with van der Waals surface area (Å²) in [6.45, 7) is 7.12. The van der Waals surface area contributed by atoms with Crippen LogP contribution in [0.3, 0.4) is 0 Å². The van der Waals surface area contributed by atoms with Crippen LogP contribution >= 0.6 is 23.2 Å². The van der Waals surface area contributed by atoms with Crippen molar-refractivity contribution < 1.29 is 42.1 Å². The summed E-state index contributed by atoms with van der Waals surface area (Å²) in [5.41, 5.74) is -2.11. The first-order valence-corrected chi connectivity index (χ1v) is 17.7. The Hall–Kier alpha value is -4.48. The number of rotatable bonds is 10. The molecule has 2 heterocycles. The molecule has 282 valence electrons. The average Bonchev–Trinajstić information content (AvgIpc) is 3.44. The fourth-order valence-electron chi connectivity index (χ4n) is 6.87. The van der Waals surface area contributed by atoms with Gasteiger partial charge >= 0.3 is 12.1 Å². The Balaban J connectivity index is 1.43. The predicted molar refractivity (Wildman–Crippen MR) is 193 cm³/mol. The first-order chi connectivity index (χ1) is 25.2. The van der Waals surface area contributed by atoms with Crippen LogP contribution in [0.4, 0.5) is 19.3 Å². The highest BCUT2D eigenvalue weighted by Crippen LogP contribution is 2.53. The highest BCUT2D eigenvalue weighted by molar-refractivity contribution is 6.31. The van der Waals surface area contributed by atoms with E-state index in [0.717, 1.165) is 6.07 Å². The molecule has 0 radical (unpaired) electrons. The summed E-state index contributed by atoms with van der Waals surface area (Å²) >= 11 is 12.3. The van der Waals surface area contributed by atoms with Gasteiger partial charge in [-0.15, -0.1) is 0 Å². The monoisotopic (exact) mass is 772 g/mol. The number of halogens is 4. The van der Waals surface area contributed by atoms with E-state index in [2.05, 4.69) is 16.7 Å². The van der Waals surface area contributed by atoms with E-state index in [4.69, 9.17) is 42.1 Å². The lowest BCUT2D eigenvalue weighted by Crippen LogP contribution is -2.45. The number of carbonyl (C=O) groups is 3. The summed E-state index contributed by atoms with van der Waals surface area (Å²) in [7, 11) is 1.34. The molecule has 0 spiro atoms. The lowest BCUT2D eigenvalue weighted by molar-refractivity contribution is -0.118. The molecule has 0 aliphatic carbocycles. The van der Waals surface area contributed by atoms with E-state index in [1.165, 1.54) is 60.5 Å². The molecule has 2 aliphatic rings. The quantitative estimate of drug-likeness (QED) is 0.167. The van der Waals surface area contributed by atoms with Crippen molar-refractivity contribution in [3.8, 4) is 11.8 Å². The van der Waals surface area contributed by atoms with Gasteiger partial charge in [0.1, 0.15) is 36.0 Å². The van der Waals surface area contributed by atoms with Crippen LogP contribution in [0.1, 0.15) is 54.6 Å². The Kier molecular flexibility index (Phi) is 12.5. The zero-order valence-corrected chi connectivity index (χ0v) is 31.2. The highest BCUT2D eigenvalue weighted by Gasteiger charge is 2.61. The summed E-state index contributed by atoms with van der Waals surface area (Å²) in [6.07, 6.45) is -0.240. The van der Waals surface area contributed by atoms with Crippen molar-refractivity contribution in [1.29, 1.82) is 5.26 Å². The number of amides is 2. The largest absolute Gasteiger partial charge is 0.495 e. The van der Waals surface area contributed by atoms with Crippen molar-refractivity contribution in [2.45, 2.75) is 50.6 Å². The number of morpholine rings is 1. The topological polar surface area (TPSA) is 139 Å². The summed E-state index contributed by atoms with van der Waals surface area (Å²) in [6, 6.07) is 12.6. The van der Waals surface area contributed by atoms with Crippen LogP contribution in [0.25, 0.3) is 0 Å². The lowest BCUT2D eigenvalue weighted by atomic mass is 9.62. The number of esters is 1. The standard InChI is InChI=1S/C38H40Cl2F2N4O7/c1-37(2,3)20-30-38(21-43,25-10-9-23(39)19-27(25)41)31(24-6-5-7-26(40)32(24)42)33(45-30)34(47)44-28-11-8-22(18-29(28)50-4)35(48)52-16-17-53-36(49)46-12-14-51-15-13-46/h5-11,18-19,30-31,33,45H,12-17,20H2,1-4H3,(H,44,47)/t30-,31-,33+,38-/m0/s1. The maximum atomic E-state index is 16.0. The van der Waals surface area contributed by atoms with Crippen molar-refractivity contribution in [1.82, 2.24) is 10.2 Å². The molecule has 0 aromatic heterocycles. The number of nitriles is 1. The molecule has 3 aromatic rings. The van der Waals surface area contributed by atoms with E-state index < -0.39 is 58.4 Å². The SMILES string of the molecule is COc1cc(C(=O)OCCOC(=O)N2CCOCC2)ccc1NC(=O)[C@@H]1N[C@@H](CC(C)(C)C)[C@](C#N)(c2ccc(Cl)cc2F)[C@H]1c1cccc(Cl)c1F. The molecule has 15 heteroatoms. The van der Waals surface area contributed by atoms with Gasteiger partial charge in [0, 0.05) is 35.6 Å². The minimum atomic E-state index is -1.82. The van der Waals surface area contributed by atoms with Gasteiger partial charge in [0.05, 0.1) is 48.7 Å². The van der Waals surface area contributed by atoms with Gasteiger partial charge in [0.25, 0.3) is 0 Å². The first kappa shape index (κ1) is 39.7. The van der Waals surface area contributed by atoms with E-state index >= 15 is 8.78 Å². The van der Waals surface area contributed by atoms with Crippen LogP contribution in [0.5, 0.6) is 5.75 Å². The molecule has 2 N–H and O–H groups in total. The Bertz CT molecular complexity index is 1900. The van der Waals surface area contributed by atoms with Gasteiger partial charge in [-0.3, -0.25) is 4.79 Å². The molecule has 5 rings (SSSR count). The van der Waals surface area contributed by atoms with Crippen molar-refractivity contribution in [3.63, 3.8) is 0 Å². The molecule has 53 heavy (non-hydrogen) atoms. The number of carbonyl (C=O) groups excluding carboxylic acids is 3. The number of nitrogens with one attached hydrogen (secondary N) is 2. The van der Waals surface area contributed by atoms with Gasteiger partial charge in [-0.25, -0.2) is 18.4 Å². The second-order valence-corrected chi connectivity index (χ2v) is 14.8. The number of benzene rings is 3. The minimum absolute atomic E-state index is 0.0536. The minimum Gasteiger partial charge on any atom is -0.495 e. The third kappa shape index (κ3) is 8.68. The van der Waals surface area contributed by atoms with E-state index in [1.54, 1.807) is 0 Å². The molecule has 2 amide bonds. The average molecular weight is 774 g/mol. The molecule has 0 bridgehead atoms. The van der Waals surface area contributed by atoms with Gasteiger partial charge in [0.2, 0.25) is 5.91 Å². The molecule has 0 saturated carbocycles. The predicted octanol–water partition coefficient (Wildman–Crippen LogP) is 6.87. The molecule has 3 aromatic carbocycles. The summed E-state index contributed by atoms with van der Waals surface area (Å²) in [4.78, 5) is 40.9. The van der Waals surface area contributed by atoms with Crippen LogP contribution in [-0.4, -0.2) is 81.6 Å². The maximum absolute atomic E-state index is 16.0. The van der Waals surface area contributed by atoms with Crippen LogP contribution < -0.4 is 15.4 Å². The third-order valence-electron chi connectivity index (χ3n) is 9.24. The summed E-state index contributed by atoms with van der Waals surface area (Å²) < 4.78 is 53.1. The van der Waals surface area contributed by atoms with Gasteiger partial charge < -0.3 is 34.5 Å². The first-order valence-electron chi connectivity index (χ1n) is 16.9. The van der Waals surface area contributed by atoms with Crippen molar-refractivity contribution in [3.05, 3.63) is 93.0 Å². The van der Waals surface area contributed by atoms with Crippen LogP contribution in [0.15, 0.2) is 54.6 Å². The number of anilines is 1. The number of nitrogens with zero attached hydrogens (tertiary/aromatic N) is 2. The Labute approximate surface area is 316 Å². The zero-order valence-electron chi connectivity index (χ0n) is 29.6. The number of hydrogen-bond acceptors (Lipinski definition) is 9. The molecule has 2 fully saturated rings. The van der Waals surface area contributed by atoms with Gasteiger partial charge in [-0.2, -0.15) is 5.26 Å². The van der Waals surface area contributed by atoms with Gasteiger partial charge in [0.15, 0.2) is 0 Å². The third-order valence-corrected chi connectivity index (χ3v) is 9.76. The van der Waals surface area contributed by atoms with E-state index in [0.29, 0.717) is 26.3 Å². The second kappa shape index (κ2) is 16.7. The molecular weight excluding hydrogens is 733 g/mol. The smallest absolute Gasteiger partial charge is 0.410 e. The lowest BCUT2D eigenvalue weighted by Gasteiger charge is -2.37. The molecule has 2 saturated heterocycles. The molecule has 11 nitrogen and oxygen atoms in total. The van der Waals surface area contributed by atoms with Crippen molar-refractivity contribution in [2.75, 3.05) is 51.9 Å².